The Morgan fingerprint density at radius 2 is 1.76 bits per heavy atom. The Bertz CT molecular complexity index is 1460. The lowest BCUT2D eigenvalue weighted by molar-refractivity contribution is -0.0931. The maximum absolute atomic E-state index is 6.68. The number of nitrogens with zero attached hydrogens (tertiary/aromatic N) is 1. The summed E-state index contributed by atoms with van der Waals surface area (Å²) in [5.41, 5.74) is 5.98. The summed E-state index contributed by atoms with van der Waals surface area (Å²) in [7, 11) is 4.19. The number of benzene rings is 2. The molecule has 2 heterocycles. The van der Waals surface area contributed by atoms with E-state index in [0.717, 1.165) is 73.2 Å². The number of allylic oxidation sites excluding steroid dienone is 2. The highest BCUT2D eigenvalue weighted by Crippen LogP contribution is 2.54. The molecule has 4 atom stereocenters. The zero-order valence-corrected chi connectivity index (χ0v) is 28.7. The highest BCUT2D eigenvalue weighted by Gasteiger charge is 2.45. The van der Waals surface area contributed by atoms with Gasteiger partial charge in [0.1, 0.15) is 22.8 Å². The van der Waals surface area contributed by atoms with Gasteiger partial charge in [0.25, 0.3) is 0 Å². The van der Waals surface area contributed by atoms with Gasteiger partial charge in [0.2, 0.25) is 0 Å². The highest BCUT2D eigenvalue weighted by molar-refractivity contribution is 5.89. The molecule has 2 aliphatic rings. The number of H-pyrrole nitrogens is 1. The van der Waals surface area contributed by atoms with Crippen LogP contribution in [-0.4, -0.2) is 61.9 Å². The Morgan fingerprint density at radius 1 is 1.02 bits per heavy atom. The first-order valence-corrected chi connectivity index (χ1v) is 16.9. The van der Waals surface area contributed by atoms with Gasteiger partial charge in [0.15, 0.2) is 12.6 Å². The number of fused-ring (bicyclic) bond motifs is 4. The summed E-state index contributed by atoms with van der Waals surface area (Å²) in [5.74, 6) is 3.40. The molecule has 1 N–H and O–H groups in total. The smallest absolute Gasteiger partial charge is 0.197 e. The van der Waals surface area contributed by atoms with Gasteiger partial charge in [-0.3, -0.25) is 0 Å². The summed E-state index contributed by atoms with van der Waals surface area (Å²) in [6.07, 6.45) is 9.75. The lowest BCUT2D eigenvalue weighted by Gasteiger charge is -2.47. The minimum Gasteiger partial charge on any atom is -0.487 e. The van der Waals surface area contributed by atoms with Crippen LogP contribution in [0.5, 0.6) is 17.2 Å². The van der Waals surface area contributed by atoms with Crippen LogP contribution in [0.3, 0.4) is 0 Å². The number of aromatic nitrogens is 1. The van der Waals surface area contributed by atoms with Crippen molar-refractivity contribution in [2.75, 3.05) is 33.9 Å². The van der Waals surface area contributed by atoms with E-state index in [1.807, 2.05) is 26.0 Å². The molecule has 1 aliphatic heterocycles. The van der Waals surface area contributed by atoms with Crippen LogP contribution in [0.15, 0.2) is 48.2 Å². The summed E-state index contributed by atoms with van der Waals surface area (Å²) in [6.45, 7) is 14.9. The van der Waals surface area contributed by atoms with Gasteiger partial charge in [-0.15, -0.1) is 0 Å². The van der Waals surface area contributed by atoms with Gasteiger partial charge >= 0.3 is 0 Å². The van der Waals surface area contributed by atoms with E-state index in [9.17, 15) is 0 Å². The van der Waals surface area contributed by atoms with Gasteiger partial charge in [-0.2, -0.15) is 0 Å². The topological polar surface area (TPSA) is 65.2 Å². The van der Waals surface area contributed by atoms with Gasteiger partial charge in [-0.1, -0.05) is 31.1 Å². The van der Waals surface area contributed by atoms with E-state index in [0.29, 0.717) is 19.1 Å². The van der Waals surface area contributed by atoms with Crippen molar-refractivity contribution >= 4 is 10.9 Å². The number of hydrogen-bond donors (Lipinski definition) is 1. The third-order valence-electron chi connectivity index (χ3n) is 9.21. The quantitative estimate of drug-likeness (QED) is 0.105. The van der Waals surface area contributed by atoms with Gasteiger partial charge in [0, 0.05) is 41.0 Å². The van der Waals surface area contributed by atoms with Gasteiger partial charge in [0.05, 0.1) is 13.2 Å². The first-order chi connectivity index (χ1) is 21.6. The van der Waals surface area contributed by atoms with Crippen LogP contribution in [0, 0.1) is 5.92 Å². The molecule has 1 aromatic heterocycles. The third kappa shape index (κ3) is 8.05. The molecule has 0 amide bonds. The lowest BCUT2D eigenvalue weighted by atomic mass is 9.68. The van der Waals surface area contributed by atoms with Gasteiger partial charge < -0.3 is 33.6 Å². The van der Waals surface area contributed by atoms with Gasteiger partial charge in [-0.05, 0) is 116 Å². The number of likely N-dealkylation sites (N-methyl/N-ethyl adjacent to an activating group) is 1. The molecule has 2 aromatic carbocycles. The van der Waals surface area contributed by atoms with Crippen molar-refractivity contribution in [2.45, 2.75) is 104 Å². The molecule has 3 aromatic rings. The van der Waals surface area contributed by atoms with Crippen LogP contribution >= 0.6 is 0 Å². The molecule has 0 spiro atoms. The second kappa shape index (κ2) is 14.6. The Balaban J connectivity index is 1.16. The van der Waals surface area contributed by atoms with Crippen molar-refractivity contribution in [1.29, 1.82) is 0 Å². The van der Waals surface area contributed by atoms with Crippen LogP contribution in [-0.2, 0) is 22.3 Å². The molecule has 7 nitrogen and oxygen atoms in total. The standard InChI is InChI=1S/C38H54N2O5/c1-9-12-28-22-34(37-30-21-25(2)15-16-31(30)38(5,6)45-35(37)23-28)44-27(4)42-20-11-19-41-26(3)43-33-14-10-13-32-36(33)29(24-39-32)17-18-40(7)8/h10,13-14,21-24,26-27,30-31,39H,9,11-12,15-20H2,1-8H3. The molecule has 0 saturated carbocycles. The monoisotopic (exact) mass is 618 g/mol. The average Bonchev–Trinajstić information content (AvgIpc) is 3.39. The van der Waals surface area contributed by atoms with E-state index in [1.54, 1.807) is 0 Å². The highest BCUT2D eigenvalue weighted by atomic mass is 16.7. The summed E-state index contributed by atoms with van der Waals surface area (Å²) < 4.78 is 31.6. The maximum Gasteiger partial charge on any atom is 0.197 e. The number of aryl methyl sites for hydroxylation is 1. The predicted octanol–water partition coefficient (Wildman–Crippen LogP) is 8.41. The zero-order chi connectivity index (χ0) is 32.1. The molecule has 45 heavy (non-hydrogen) atoms. The Kier molecular flexibility index (Phi) is 10.8. The van der Waals surface area contributed by atoms with E-state index < -0.39 is 6.29 Å². The van der Waals surface area contributed by atoms with Crippen LogP contribution < -0.4 is 14.2 Å². The number of ether oxygens (including phenoxy) is 5. The second-order valence-electron chi connectivity index (χ2n) is 13.7. The fraction of sp³-hybridized carbons (Fsp3) is 0.579. The van der Waals surface area contributed by atoms with Crippen molar-refractivity contribution in [3.8, 4) is 17.2 Å². The average molecular weight is 619 g/mol. The third-order valence-corrected chi connectivity index (χ3v) is 9.21. The largest absolute Gasteiger partial charge is 0.487 e. The molecule has 0 fully saturated rings. The Morgan fingerprint density at radius 3 is 2.47 bits per heavy atom. The Labute approximate surface area is 270 Å². The van der Waals surface area contributed by atoms with E-state index in [2.05, 4.69) is 82.1 Å². The van der Waals surface area contributed by atoms with Crippen LogP contribution in [0.25, 0.3) is 10.9 Å². The molecule has 246 valence electrons. The number of rotatable bonds is 15. The molecule has 0 bridgehead atoms. The summed E-state index contributed by atoms with van der Waals surface area (Å²) in [4.78, 5) is 5.57. The first kappa shape index (κ1) is 33.4. The van der Waals surface area contributed by atoms with Crippen molar-refractivity contribution < 1.29 is 23.7 Å². The predicted molar refractivity (Wildman–Crippen MR) is 182 cm³/mol. The molecule has 7 heteroatoms. The molecular formula is C38H54N2O5. The van der Waals surface area contributed by atoms with E-state index >= 15 is 0 Å². The van der Waals surface area contributed by atoms with Crippen LogP contribution in [0.2, 0.25) is 0 Å². The second-order valence-corrected chi connectivity index (χ2v) is 13.7. The zero-order valence-electron chi connectivity index (χ0n) is 28.7. The fourth-order valence-electron chi connectivity index (χ4n) is 6.93. The number of hydrogen-bond acceptors (Lipinski definition) is 6. The maximum atomic E-state index is 6.68. The molecule has 1 aliphatic carbocycles. The van der Waals surface area contributed by atoms with E-state index in [1.165, 1.54) is 22.3 Å². The fourth-order valence-corrected chi connectivity index (χ4v) is 6.93. The molecule has 0 saturated heterocycles. The minimum atomic E-state index is -0.395. The lowest BCUT2D eigenvalue weighted by Crippen LogP contribution is -2.45. The van der Waals surface area contributed by atoms with Gasteiger partial charge in [-0.25, -0.2) is 0 Å². The molecule has 5 rings (SSSR count). The normalized spacial score (nSPS) is 20.2. The molecule has 4 unspecified atom stereocenters. The minimum absolute atomic E-state index is 0.220. The summed E-state index contributed by atoms with van der Waals surface area (Å²) in [6, 6.07) is 10.6. The molecular weight excluding hydrogens is 564 g/mol. The Hall–Kier alpha value is -3.00. The first-order valence-electron chi connectivity index (χ1n) is 16.9. The van der Waals surface area contributed by atoms with Crippen molar-refractivity contribution in [3.05, 3.63) is 64.9 Å². The van der Waals surface area contributed by atoms with E-state index in [-0.39, 0.29) is 17.8 Å². The number of aromatic amines is 1. The number of nitrogens with one attached hydrogen (secondary N) is 1. The summed E-state index contributed by atoms with van der Waals surface area (Å²) in [5, 5.41) is 1.13. The van der Waals surface area contributed by atoms with Crippen molar-refractivity contribution in [1.82, 2.24) is 9.88 Å². The van der Waals surface area contributed by atoms with Crippen LogP contribution in [0.1, 0.15) is 89.8 Å². The molecule has 0 radical (unpaired) electrons. The SMILES string of the molecule is CCCc1cc(OC(C)OCCCOC(C)Oc2cccc3[nH]cc(CCN(C)C)c23)c2c(c1)OC(C)(C)C1CCC(C)=CC21. The van der Waals surface area contributed by atoms with Crippen molar-refractivity contribution in [2.24, 2.45) is 5.92 Å². The van der Waals surface area contributed by atoms with Crippen LogP contribution in [0.4, 0.5) is 0 Å². The van der Waals surface area contributed by atoms with E-state index in [4.69, 9.17) is 23.7 Å². The van der Waals surface area contributed by atoms with Crippen molar-refractivity contribution in [3.63, 3.8) is 0 Å². The summed E-state index contributed by atoms with van der Waals surface area (Å²) >= 11 is 0.